The molecule has 0 aliphatic rings. The Morgan fingerprint density at radius 3 is 2.77 bits per heavy atom. The molecule has 0 fully saturated rings. The second-order valence-electron chi connectivity index (χ2n) is 2.96. The van der Waals surface area contributed by atoms with E-state index in [1.54, 1.807) is 6.20 Å². The van der Waals surface area contributed by atoms with Crippen LogP contribution >= 0.6 is 8.07 Å². The second kappa shape index (κ2) is 7.08. The van der Waals surface area contributed by atoms with E-state index in [-0.39, 0.29) is 13.7 Å². The van der Waals surface area contributed by atoms with Crippen molar-refractivity contribution in [2.45, 2.75) is 20.2 Å². The van der Waals surface area contributed by atoms with E-state index in [1.165, 1.54) is 12.9 Å². The third-order valence-corrected chi connectivity index (χ3v) is 3.25. The van der Waals surface area contributed by atoms with Crippen molar-refractivity contribution in [1.82, 2.24) is 5.09 Å². The van der Waals surface area contributed by atoms with Crippen LogP contribution in [0.4, 0.5) is 4.32 Å². The predicted molar refractivity (Wildman–Crippen MR) is 60.7 cm³/mol. The first-order valence-electron chi connectivity index (χ1n) is 4.44. The first-order chi connectivity index (χ1) is 6.07. The lowest BCUT2D eigenvalue weighted by Gasteiger charge is -2.09. The van der Waals surface area contributed by atoms with Gasteiger partial charge in [-0.25, -0.2) is 0 Å². The molecule has 0 saturated carbocycles. The summed E-state index contributed by atoms with van der Waals surface area (Å²) in [6, 6.07) is 0. The highest BCUT2D eigenvalue weighted by Crippen LogP contribution is 2.24. The maximum absolute atomic E-state index is 12.5. The van der Waals surface area contributed by atoms with Crippen molar-refractivity contribution in [3.05, 3.63) is 12.3 Å². The predicted octanol–water partition coefficient (Wildman–Crippen LogP) is 2.68. The molecular formula is C8H17BFN2P. The molecule has 0 aliphatic heterocycles. The van der Waals surface area contributed by atoms with Gasteiger partial charge in [-0.2, -0.15) is 0 Å². The van der Waals surface area contributed by atoms with Crippen LogP contribution in [0.1, 0.15) is 13.3 Å². The summed E-state index contributed by atoms with van der Waals surface area (Å²) >= 11 is 0. The molecule has 1 unspecified atom stereocenters. The quantitative estimate of drug-likeness (QED) is 0.387. The van der Waals surface area contributed by atoms with Gasteiger partial charge in [-0.1, -0.05) is 13.3 Å². The largest absolute Gasteiger partial charge is 0.395 e. The van der Waals surface area contributed by atoms with Crippen LogP contribution in [0.2, 0.25) is 6.82 Å². The van der Waals surface area contributed by atoms with Crippen molar-refractivity contribution in [2.24, 2.45) is 0 Å². The second-order valence-corrected chi connectivity index (χ2v) is 5.06. The van der Waals surface area contributed by atoms with Gasteiger partial charge in [0.05, 0.1) is 0 Å². The van der Waals surface area contributed by atoms with Crippen LogP contribution in [0.3, 0.4) is 0 Å². The van der Waals surface area contributed by atoms with Crippen LogP contribution < -0.4 is 5.09 Å². The van der Waals surface area contributed by atoms with Crippen LogP contribution in [0.25, 0.3) is 0 Å². The van der Waals surface area contributed by atoms with E-state index < -0.39 is 6.99 Å². The molecule has 0 aliphatic carbocycles. The highest BCUT2D eigenvalue weighted by molar-refractivity contribution is 7.54. The third kappa shape index (κ3) is 6.77. The summed E-state index contributed by atoms with van der Waals surface area (Å²) in [6.45, 7) is 4.46. The molecule has 0 heterocycles. The molecule has 0 spiro atoms. The normalized spacial score (nSPS) is 12.9. The van der Waals surface area contributed by atoms with Gasteiger partial charge in [-0.15, -0.1) is 0 Å². The van der Waals surface area contributed by atoms with E-state index in [9.17, 15) is 4.32 Å². The molecule has 0 amide bonds. The Hall–Kier alpha value is -0.365. The highest BCUT2D eigenvalue weighted by Gasteiger charge is 2.08. The molecule has 0 aromatic heterocycles. The van der Waals surface area contributed by atoms with E-state index >= 15 is 0 Å². The zero-order valence-electron chi connectivity index (χ0n) is 8.47. The Balaban J connectivity index is 3.68. The van der Waals surface area contributed by atoms with Crippen molar-refractivity contribution in [3.63, 3.8) is 0 Å². The molecular weight excluding hydrogens is 185 g/mol. The Morgan fingerprint density at radius 2 is 2.31 bits per heavy atom. The van der Waals surface area contributed by atoms with Crippen molar-refractivity contribution in [3.8, 4) is 0 Å². The standard InChI is InChI=1S/C8H17BFN2P/c1-4-7-13(3)12-6-5-8(11)9(2)10/h5-6,11-12H,4,7H2,1-3H3/b6-5-,11-8?. The third-order valence-electron chi connectivity index (χ3n) is 1.55. The van der Waals surface area contributed by atoms with E-state index in [1.807, 2.05) is 0 Å². The first-order valence-corrected chi connectivity index (χ1v) is 6.41. The van der Waals surface area contributed by atoms with Gasteiger partial charge >= 0.3 is 6.99 Å². The van der Waals surface area contributed by atoms with Gasteiger partial charge in [0.2, 0.25) is 0 Å². The Labute approximate surface area is 81.4 Å². The van der Waals surface area contributed by atoms with Gasteiger partial charge in [0, 0.05) is 11.8 Å². The molecule has 0 aromatic carbocycles. The minimum Gasteiger partial charge on any atom is -0.370 e. The summed E-state index contributed by atoms with van der Waals surface area (Å²) in [4.78, 5) is 0. The summed E-state index contributed by atoms with van der Waals surface area (Å²) in [5.74, 6) is 0. The number of hydrogen-bond acceptors (Lipinski definition) is 2. The molecule has 0 radical (unpaired) electrons. The molecule has 0 rings (SSSR count). The molecule has 0 bridgehead atoms. The average molecular weight is 202 g/mol. The van der Waals surface area contributed by atoms with Crippen molar-refractivity contribution >= 4 is 20.7 Å². The fourth-order valence-corrected chi connectivity index (χ4v) is 1.92. The summed E-state index contributed by atoms with van der Waals surface area (Å²) in [5, 5.41) is 10.3. The Morgan fingerprint density at radius 1 is 1.69 bits per heavy atom. The fourth-order valence-electron chi connectivity index (χ4n) is 0.787. The van der Waals surface area contributed by atoms with E-state index in [2.05, 4.69) is 18.7 Å². The number of hydrogen-bond donors (Lipinski definition) is 2. The summed E-state index contributed by atoms with van der Waals surface area (Å²) in [7, 11) is -0.187. The lowest BCUT2D eigenvalue weighted by molar-refractivity contribution is 0.860. The fraction of sp³-hybridized carbons (Fsp3) is 0.625. The summed E-state index contributed by atoms with van der Waals surface area (Å²) in [6.07, 6.45) is 5.47. The monoisotopic (exact) mass is 202 g/mol. The van der Waals surface area contributed by atoms with E-state index in [4.69, 9.17) is 5.41 Å². The van der Waals surface area contributed by atoms with Gasteiger partial charge in [0.15, 0.2) is 0 Å². The SMILES string of the molecule is CCCP(C)N/C=C\C(=N)B(C)F. The molecule has 2 N–H and O–H groups in total. The summed E-state index contributed by atoms with van der Waals surface area (Å²) in [5.41, 5.74) is 0.0207. The maximum atomic E-state index is 12.5. The highest BCUT2D eigenvalue weighted by atomic mass is 31.1. The van der Waals surface area contributed by atoms with Crippen LogP contribution in [-0.2, 0) is 0 Å². The number of nitrogens with one attached hydrogen (secondary N) is 2. The number of rotatable bonds is 6. The Bertz CT molecular complexity index is 185. The molecule has 5 heteroatoms. The van der Waals surface area contributed by atoms with Crippen LogP contribution in [0.15, 0.2) is 12.3 Å². The van der Waals surface area contributed by atoms with Crippen molar-refractivity contribution in [1.29, 1.82) is 5.41 Å². The van der Waals surface area contributed by atoms with Crippen molar-refractivity contribution < 1.29 is 4.32 Å². The topological polar surface area (TPSA) is 35.9 Å². The number of halogens is 1. The minimum atomic E-state index is -1.17. The molecule has 0 aromatic rings. The molecule has 74 valence electrons. The minimum absolute atomic E-state index is 0.0207. The molecule has 0 saturated heterocycles. The first kappa shape index (κ1) is 12.6. The summed E-state index contributed by atoms with van der Waals surface area (Å²) < 4.78 is 12.5. The van der Waals surface area contributed by atoms with Crippen LogP contribution in [0.5, 0.6) is 0 Å². The van der Waals surface area contributed by atoms with Crippen molar-refractivity contribution in [2.75, 3.05) is 12.8 Å². The van der Waals surface area contributed by atoms with Gasteiger partial charge in [0.25, 0.3) is 0 Å². The zero-order chi connectivity index (χ0) is 10.3. The van der Waals surface area contributed by atoms with E-state index in [0.29, 0.717) is 0 Å². The average Bonchev–Trinajstić information content (AvgIpc) is 2.04. The van der Waals surface area contributed by atoms with Crippen LogP contribution in [-0.4, -0.2) is 25.4 Å². The zero-order valence-corrected chi connectivity index (χ0v) is 9.37. The molecule has 2 nitrogen and oxygen atoms in total. The lowest BCUT2D eigenvalue weighted by atomic mass is 9.69. The van der Waals surface area contributed by atoms with E-state index in [0.717, 1.165) is 12.6 Å². The lowest BCUT2D eigenvalue weighted by Crippen LogP contribution is -2.13. The molecule has 13 heavy (non-hydrogen) atoms. The smallest absolute Gasteiger partial charge is 0.370 e. The molecule has 1 atom stereocenters. The van der Waals surface area contributed by atoms with Gasteiger partial charge in [-0.05, 0) is 33.8 Å². The van der Waals surface area contributed by atoms with Crippen LogP contribution in [0, 0.1) is 5.41 Å². The Kier molecular flexibility index (Phi) is 6.88. The maximum Gasteiger partial charge on any atom is 0.395 e. The van der Waals surface area contributed by atoms with Gasteiger partial charge < -0.3 is 14.8 Å². The number of allylic oxidation sites excluding steroid dienone is 1. The van der Waals surface area contributed by atoms with Gasteiger partial charge in [-0.3, -0.25) is 0 Å². The van der Waals surface area contributed by atoms with Gasteiger partial charge in [0.1, 0.15) is 0 Å².